The van der Waals surface area contributed by atoms with Crippen molar-refractivity contribution in [2.75, 3.05) is 37.2 Å². The molecule has 1 aromatic heterocycles. The Balaban J connectivity index is 1.30. The van der Waals surface area contributed by atoms with Crippen LogP contribution in [0, 0.1) is 0 Å². The lowest BCUT2D eigenvalue weighted by Gasteiger charge is -2.34. The molecular formula is C23H25ClN6O2S. The summed E-state index contributed by atoms with van der Waals surface area (Å²) in [6.45, 7) is 4.72. The van der Waals surface area contributed by atoms with Crippen LogP contribution in [0.1, 0.15) is 6.92 Å². The van der Waals surface area contributed by atoms with Gasteiger partial charge in [0.15, 0.2) is 11.0 Å². The van der Waals surface area contributed by atoms with Gasteiger partial charge in [0.05, 0.1) is 5.75 Å². The minimum atomic E-state index is -0.146. The lowest BCUT2D eigenvalue weighted by atomic mass is 10.2. The van der Waals surface area contributed by atoms with Crippen LogP contribution in [0.3, 0.4) is 0 Å². The highest BCUT2D eigenvalue weighted by molar-refractivity contribution is 7.99. The summed E-state index contributed by atoms with van der Waals surface area (Å²) in [6, 6.07) is 16.7. The average Bonchev–Trinajstić information content (AvgIpc) is 3.26. The number of halogens is 1. The van der Waals surface area contributed by atoms with Gasteiger partial charge >= 0.3 is 6.03 Å². The lowest BCUT2D eigenvalue weighted by Crippen LogP contribution is -2.52. The second-order valence-corrected chi connectivity index (χ2v) is 8.89. The third-order valence-corrected chi connectivity index (χ3v) is 6.57. The highest BCUT2D eigenvalue weighted by Gasteiger charge is 2.25. The Kier molecular flexibility index (Phi) is 7.51. The Labute approximate surface area is 201 Å². The fraction of sp³-hybridized carbons (Fsp3) is 0.304. The summed E-state index contributed by atoms with van der Waals surface area (Å²) in [6.07, 6.45) is 0. The summed E-state index contributed by atoms with van der Waals surface area (Å²) in [5.41, 5.74) is 1.65. The van der Waals surface area contributed by atoms with Crippen molar-refractivity contribution >= 4 is 41.0 Å². The second kappa shape index (κ2) is 10.7. The van der Waals surface area contributed by atoms with Crippen molar-refractivity contribution in [3.05, 3.63) is 59.6 Å². The summed E-state index contributed by atoms with van der Waals surface area (Å²) in [5.74, 6) is 1.02. The van der Waals surface area contributed by atoms with Crippen LogP contribution in [0.25, 0.3) is 11.4 Å². The number of piperazine rings is 1. The van der Waals surface area contributed by atoms with E-state index in [1.807, 2.05) is 66.1 Å². The van der Waals surface area contributed by atoms with E-state index in [0.717, 1.165) is 17.1 Å². The maximum Gasteiger partial charge on any atom is 0.321 e. The van der Waals surface area contributed by atoms with Crippen LogP contribution < -0.4 is 5.32 Å². The van der Waals surface area contributed by atoms with E-state index in [1.54, 1.807) is 9.80 Å². The SMILES string of the molecule is CCn1c(SCC(=O)N2CCN(C(=O)Nc3ccccc3)CC2)nnc1-c1cccc(Cl)c1. The largest absolute Gasteiger partial charge is 0.338 e. The van der Waals surface area contributed by atoms with Gasteiger partial charge in [-0.25, -0.2) is 4.79 Å². The van der Waals surface area contributed by atoms with Gasteiger partial charge in [0.2, 0.25) is 5.91 Å². The third kappa shape index (κ3) is 5.66. The molecule has 0 bridgehead atoms. The first-order chi connectivity index (χ1) is 16.0. The number of hydrogen-bond acceptors (Lipinski definition) is 5. The van der Waals surface area contributed by atoms with Crippen molar-refractivity contribution in [3.63, 3.8) is 0 Å². The number of hydrogen-bond donors (Lipinski definition) is 1. The molecule has 2 aromatic carbocycles. The molecule has 1 saturated heterocycles. The van der Waals surface area contributed by atoms with Gasteiger partial charge in [-0.3, -0.25) is 4.79 Å². The van der Waals surface area contributed by atoms with Crippen molar-refractivity contribution in [3.8, 4) is 11.4 Å². The standard InChI is InChI=1S/C23H25ClN6O2S/c1-2-30-21(17-7-6-8-18(24)15-17)26-27-23(30)33-16-20(31)28-11-13-29(14-12-28)22(32)25-19-9-4-3-5-10-19/h3-10,15H,2,11-14,16H2,1H3,(H,25,32). The number of carbonyl (C=O) groups excluding carboxylic acids is 2. The molecule has 1 N–H and O–H groups in total. The van der Waals surface area contributed by atoms with Gasteiger partial charge in [-0.1, -0.05) is 53.7 Å². The molecule has 3 amide bonds. The zero-order chi connectivity index (χ0) is 23.2. The monoisotopic (exact) mass is 484 g/mol. The van der Waals surface area contributed by atoms with Crippen molar-refractivity contribution in [1.29, 1.82) is 0 Å². The van der Waals surface area contributed by atoms with E-state index in [-0.39, 0.29) is 17.7 Å². The van der Waals surface area contributed by atoms with E-state index in [2.05, 4.69) is 15.5 Å². The summed E-state index contributed by atoms with van der Waals surface area (Å²) in [7, 11) is 0. The highest BCUT2D eigenvalue weighted by atomic mass is 35.5. The van der Waals surface area contributed by atoms with Crippen molar-refractivity contribution in [2.24, 2.45) is 0 Å². The molecule has 1 fully saturated rings. The topological polar surface area (TPSA) is 83.4 Å². The molecule has 1 aliphatic heterocycles. The van der Waals surface area contributed by atoms with Crippen molar-refractivity contribution in [2.45, 2.75) is 18.6 Å². The fourth-order valence-corrected chi connectivity index (χ4v) is 4.72. The number of nitrogens with zero attached hydrogens (tertiary/aromatic N) is 5. The Morgan fingerprint density at radius 1 is 1.00 bits per heavy atom. The minimum absolute atomic E-state index is 0.0260. The molecule has 0 saturated carbocycles. The predicted octanol–water partition coefficient (Wildman–Crippen LogP) is 4.09. The van der Waals surface area contributed by atoms with Gasteiger partial charge in [0, 0.05) is 49.0 Å². The first-order valence-corrected chi connectivity index (χ1v) is 12.1. The molecule has 0 unspecified atom stereocenters. The van der Waals surface area contributed by atoms with Crippen molar-refractivity contribution < 1.29 is 9.59 Å². The summed E-state index contributed by atoms with van der Waals surface area (Å²) >= 11 is 7.49. The summed E-state index contributed by atoms with van der Waals surface area (Å²) < 4.78 is 1.98. The van der Waals surface area contributed by atoms with Crippen LogP contribution in [0.2, 0.25) is 5.02 Å². The first kappa shape index (κ1) is 23.1. The highest BCUT2D eigenvalue weighted by Crippen LogP contribution is 2.26. The normalized spacial score (nSPS) is 13.8. The molecule has 3 aromatic rings. The van der Waals surface area contributed by atoms with Gasteiger partial charge in [0.1, 0.15) is 0 Å². The number of rotatable bonds is 6. The van der Waals surface area contributed by atoms with Crippen LogP contribution >= 0.6 is 23.4 Å². The van der Waals surface area contributed by atoms with Gasteiger partial charge < -0.3 is 19.7 Å². The van der Waals surface area contributed by atoms with E-state index in [1.165, 1.54) is 11.8 Å². The molecule has 172 valence electrons. The Morgan fingerprint density at radius 3 is 2.42 bits per heavy atom. The van der Waals surface area contributed by atoms with Crippen LogP contribution in [0.4, 0.5) is 10.5 Å². The van der Waals surface area contributed by atoms with Crippen LogP contribution in [-0.4, -0.2) is 68.4 Å². The van der Waals surface area contributed by atoms with Crippen LogP contribution in [0.15, 0.2) is 59.8 Å². The Bertz CT molecular complexity index is 1120. The minimum Gasteiger partial charge on any atom is -0.338 e. The van der Waals surface area contributed by atoms with E-state index in [9.17, 15) is 9.59 Å². The lowest BCUT2D eigenvalue weighted by molar-refractivity contribution is -0.129. The summed E-state index contributed by atoms with van der Waals surface area (Å²) in [4.78, 5) is 28.7. The maximum absolute atomic E-state index is 12.8. The molecular weight excluding hydrogens is 460 g/mol. The molecule has 8 nitrogen and oxygen atoms in total. The number of amides is 3. The number of benzene rings is 2. The zero-order valence-electron chi connectivity index (χ0n) is 18.3. The van der Waals surface area contributed by atoms with E-state index >= 15 is 0 Å². The zero-order valence-corrected chi connectivity index (χ0v) is 19.8. The van der Waals surface area contributed by atoms with E-state index < -0.39 is 0 Å². The van der Waals surface area contributed by atoms with E-state index in [4.69, 9.17) is 11.6 Å². The van der Waals surface area contributed by atoms with Gasteiger partial charge in [-0.05, 0) is 31.2 Å². The van der Waals surface area contributed by atoms with Crippen molar-refractivity contribution in [1.82, 2.24) is 24.6 Å². The number of carbonyl (C=O) groups is 2. The molecule has 4 rings (SSSR count). The molecule has 0 radical (unpaired) electrons. The molecule has 0 aliphatic carbocycles. The number of aromatic nitrogens is 3. The fourth-order valence-electron chi connectivity index (χ4n) is 3.62. The van der Waals surface area contributed by atoms with E-state index in [0.29, 0.717) is 42.9 Å². The maximum atomic E-state index is 12.8. The molecule has 0 atom stereocenters. The summed E-state index contributed by atoms with van der Waals surface area (Å²) in [5, 5.41) is 12.8. The smallest absolute Gasteiger partial charge is 0.321 e. The number of nitrogens with one attached hydrogen (secondary N) is 1. The van der Waals surface area contributed by atoms with Crippen LogP contribution in [0.5, 0.6) is 0 Å². The molecule has 33 heavy (non-hydrogen) atoms. The molecule has 10 heteroatoms. The molecule has 0 spiro atoms. The predicted molar refractivity (Wildman–Crippen MR) is 130 cm³/mol. The average molecular weight is 485 g/mol. The second-order valence-electron chi connectivity index (χ2n) is 7.51. The Morgan fingerprint density at radius 2 is 1.73 bits per heavy atom. The quantitative estimate of drug-likeness (QED) is 0.533. The van der Waals surface area contributed by atoms with Gasteiger partial charge in [0.25, 0.3) is 0 Å². The number of para-hydroxylation sites is 1. The molecule has 2 heterocycles. The number of thioether (sulfide) groups is 1. The van der Waals surface area contributed by atoms with Gasteiger partial charge in [-0.2, -0.15) is 0 Å². The number of urea groups is 1. The third-order valence-electron chi connectivity index (χ3n) is 5.39. The van der Waals surface area contributed by atoms with Crippen LogP contribution in [-0.2, 0) is 11.3 Å². The Hall–Kier alpha value is -3.04. The first-order valence-electron chi connectivity index (χ1n) is 10.8. The van der Waals surface area contributed by atoms with Gasteiger partial charge in [-0.15, -0.1) is 10.2 Å². The molecule has 1 aliphatic rings. The number of anilines is 1.